The fourth-order valence-corrected chi connectivity index (χ4v) is 4.66. The first-order chi connectivity index (χ1) is 18.9. The number of rotatable bonds is 7. The average Bonchev–Trinajstić information content (AvgIpc) is 3.33. The predicted octanol–water partition coefficient (Wildman–Crippen LogP) is 6.48. The predicted molar refractivity (Wildman–Crippen MR) is 157 cm³/mol. The molecule has 39 heavy (non-hydrogen) atoms. The van der Waals surface area contributed by atoms with E-state index in [2.05, 4.69) is 20.6 Å². The van der Waals surface area contributed by atoms with Gasteiger partial charge in [-0.05, 0) is 60.5 Å². The van der Waals surface area contributed by atoms with Crippen LogP contribution in [-0.4, -0.2) is 21.8 Å². The lowest BCUT2D eigenvalue weighted by Crippen LogP contribution is -2.19. The molecule has 9 nitrogen and oxygen atoms in total. The Morgan fingerprint density at radius 1 is 0.897 bits per heavy atom. The Bertz CT molecular complexity index is 1650. The number of nitrogens with one attached hydrogen (secondary N) is 3. The van der Waals surface area contributed by atoms with Gasteiger partial charge in [0.05, 0.1) is 17.0 Å². The molecule has 0 bridgehead atoms. The van der Waals surface area contributed by atoms with Gasteiger partial charge in [0, 0.05) is 16.6 Å². The number of para-hydroxylation sites is 1. The quantitative estimate of drug-likeness (QED) is 0.119. The summed E-state index contributed by atoms with van der Waals surface area (Å²) < 4.78 is 5.90. The van der Waals surface area contributed by atoms with E-state index in [1.807, 2.05) is 85.1 Å². The maximum atomic E-state index is 12.5. The van der Waals surface area contributed by atoms with Crippen molar-refractivity contribution < 1.29 is 9.53 Å². The van der Waals surface area contributed by atoms with Crippen molar-refractivity contribution >= 4 is 39.8 Å². The highest BCUT2D eigenvalue weighted by atomic mass is 32.1. The monoisotopic (exact) mass is 535 g/mol. The average molecular weight is 536 g/mol. The van der Waals surface area contributed by atoms with Crippen molar-refractivity contribution in [3.8, 4) is 33.9 Å². The zero-order chi connectivity index (χ0) is 27.4. The first-order valence-electron chi connectivity index (χ1n) is 11.9. The lowest BCUT2D eigenvalue weighted by Gasteiger charge is -2.15. The first-order valence-corrected chi connectivity index (χ1v) is 12.8. The molecule has 0 aliphatic carbocycles. The van der Waals surface area contributed by atoms with E-state index < -0.39 is 6.03 Å². The minimum absolute atomic E-state index is 0.134. The van der Waals surface area contributed by atoms with E-state index in [4.69, 9.17) is 21.6 Å². The van der Waals surface area contributed by atoms with Crippen molar-refractivity contribution in [1.29, 1.82) is 5.41 Å². The number of aromatic nitrogens is 2. The number of carbonyl (C=O) groups is 1. The van der Waals surface area contributed by atoms with Crippen molar-refractivity contribution in [2.45, 2.75) is 6.92 Å². The van der Waals surface area contributed by atoms with Gasteiger partial charge in [0.15, 0.2) is 5.13 Å². The molecule has 194 valence electrons. The SMILES string of the molecule is Cc1csc(NC(=O)Nc2cccc(-c3cc(-c4ccc(Oc5ccccc5)cc4)c(C(=N)N)c(N)n3)c2)n1. The smallest absolute Gasteiger partial charge is 0.325 e. The molecule has 0 unspecified atom stereocenters. The third-order valence-corrected chi connectivity index (χ3v) is 6.59. The normalized spacial score (nSPS) is 10.6. The molecule has 5 aromatic rings. The number of anilines is 3. The summed E-state index contributed by atoms with van der Waals surface area (Å²) in [4.78, 5) is 21.2. The molecule has 3 aromatic carbocycles. The van der Waals surface area contributed by atoms with Gasteiger partial charge in [-0.15, -0.1) is 11.3 Å². The first kappa shape index (κ1) is 25.4. The third kappa shape index (κ3) is 6.03. The number of hydrogen-bond donors (Lipinski definition) is 5. The van der Waals surface area contributed by atoms with Gasteiger partial charge in [-0.25, -0.2) is 14.8 Å². The lowest BCUT2D eigenvalue weighted by molar-refractivity contribution is 0.262. The number of nitrogen functional groups attached to an aromatic ring is 2. The van der Waals surface area contributed by atoms with E-state index in [0.29, 0.717) is 33.4 Å². The molecule has 0 saturated heterocycles. The van der Waals surface area contributed by atoms with Gasteiger partial charge in [0.2, 0.25) is 0 Å². The number of hydrogen-bond acceptors (Lipinski definition) is 7. The summed E-state index contributed by atoms with van der Waals surface area (Å²) in [6, 6.07) is 25.6. The topological polar surface area (TPSA) is 152 Å². The number of benzene rings is 3. The van der Waals surface area contributed by atoms with E-state index in [9.17, 15) is 4.79 Å². The molecule has 0 spiro atoms. The van der Waals surface area contributed by atoms with Gasteiger partial charge in [-0.1, -0.05) is 42.5 Å². The number of amidine groups is 1. The second kappa shape index (κ2) is 11.0. The summed E-state index contributed by atoms with van der Waals surface area (Å²) in [6.07, 6.45) is 0. The standard InChI is InChI=1S/C29H25N7O2S/c1-17-16-39-29(33-17)36-28(37)34-20-7-5-6-19(14-20)24-15-23(25(26(30)31)27(32)35-24)18-10-12-22(13-11-18)38-21-8-3-2-4-9-21/h2-16H,1H3,(H3,30,31)(H2,32,35)(H2,33,34,36,37). The maximum absolute atomic E-state index is 12.5. The zero-order valence-electron chi connectivity index (χ0n) is 20.9. The van der Waals surface area contributed by atoms with E-state index in [1.54, 1.807) is 12.1 Å². The third-order valence-electron chi connectivity index (χ3n) is 5.72. The van der Waals surface area contributed by atoms with Crippen LogP contribution in [0.25, 0.3) is 22.4 Å². The largest absolute Gasteiger partial charge is 0.457 e. The van der Waals surface area contributed by atoms with Crippen molar-refractivity contribution in [3.63, 3.8) is 0 Å². The van der Waals surface area contributed by atoms with Crippen LogP contribution in [0.5, 0.6) is 11.5 Å². The summed E-state index contributed by atoms with van der Waals surface area (Å²) in [5.74, 6) is 1.35. The second-order valence-corrected chi connectivity index (χ2v) is 9.48. The van der Waals surface area contributed by atoms with Gasteiger partial charge in [0.25, 0.3) is 0 Å². The Morgan fingerprint density at radius 3 is 2.33 bits per heavy atom. The zero-order valence-corrected chi connectivity index (χ0v) is 21.8. The number of carbonyl (C=O) groups excluding carboxylic acids is 1. The summed E-state index contributed by atoms with van der Waals surface area (Å²) in [7, 11) is 0. The van der Waals surface area contributed by atoms with Crippen LogP contribution < -0.4 is 26.8 Å². The number of aryl methyl sites for hydroxylation is 1. The molecule has 7 N–H and O–H groups in total. The van der Waals surface area contributed by atoms with Gasteiger partial charge < -0.3 is 21.5 Å². The number of pyridine rings is 1. The number of amides is 2. The van der Waals surface area contributed by atoms with Crippen molar-refractivity contribution in [3.05, 3.63) is 102 Å². The van der Waals surface area contributed by atoms with Crippen molar-refractivity contribution in [2.75, 3.05) is 16.4 Å². The molecule has 5 rings (SSSR count). The van der Waals surface area contributed by atoms with Gasteiger partial charge in [0.1, 0.15) is 23.2 Å². The number of urea groups is 1. The number of thiazole rings is 1. The molecule has 10 heteroatoms. The van der Waals surface area contributed by atoms with Gasteiger partial charge in [-0.3, -0.25) is 10.7 Å². The Kier molecular flexibility index (Phi) is 7.19. The fraction of sp³-hybridized carbons (Fsp3) is 0.0345. The Hall–Kier alpha value is -5.22. The van der Waals surface area contributed by atoms with Crippen LogP contribution >= 0.6 is 11.3 Å². The molecule has 0 aliphatic rings. The molecular weight excluding hydrogens is 510 g/mol. The van der Waals surface area contributed by atoms with Gasteiger partial charge >= 0.3 is 6.03 Å². The van der Waals surface area contributed by atoms with Crippen molar-refractivity contribution in [2.24, 2.45) is 5.73 Å². The molecule has 0 atom stereocenters. The van der Waals surface area contributed by atoms with Crippen LogP contribution in [0.15, 0.2) is 90.3 Å². The van der Waals surface area contributed by atoms with Gasteiger partial charge in [-0.2, -0.15) is 0 Å². The molecular formula is C29H25N7O2S. The Balaban J connectivity index is 1.43. The van der Waals surface area contributed by atoms with Crippen LogP contribution in [0.3, 0.4) is 0 Å². The fourth-order valence-electron chi connectivity index (χ4n) is 3.98. The second-order valence-electron chi connectivity index (χ2n) is 8.62. The molecule has 0 aliphatic heterocycles. The van der Waals surface area contributed by atoms with E-state index in [1.165, 1.54) is 11.3 Å². The van der Waals surface area contributed by atoms with E-state index >= 15 is 0 Å². The molecule has 2 amide bonds. The van der Waals surface area contributed by atoms with Crippen LogP contribution in [0.4, 0.5) is 21.4 Å². The number of ether oxygens (including phenoxy) is 1. The number of nitrogens with two attached hydrogens (primary N) is 2. The van der Waals surface area contributed by atoms with Crippen LogP contribution in [-0.2, 0) is 0 Å². The minimum Gasteiger partial charge on any atom is -0.457 e. The summed E-state index contributed by atoms with van der Waals surface area (Å²) >= 11 is 1.35. The summed E-state index contributed by atoms with van der Waals surface area (Å²) in [5.41, 5.74) is 16.7. The highest BCUT2D eigenvalue weighted by Crippen LogP contribution is 2.33. The summed E-state index contributed by atoms with van der Waals surface area (Å²) in [6.45, 7) is 1.86. The molecule has 2 aromatic heterocycles. The highest BCUT2D eigenvalue weighted by molar-refractivity contribution is 7.13. The molecule has 2 heterocycles. The molecule has 0 fully saturated rings. The lowest BCUT2D eigenvalue weighted by atomic mass is 9.97. The Morgan fingerprint density at radius 2 is 1.64 bits per heavy atom. The minimum atomic E-state index is -0.403. The highest BCUT2D eigenvalue weighted by Gasteiger charge is 2.17. The Labute approximate surface area is 229 Å². The molecule has 0 saturated carbocycles. The maximum Gasteiger partial charge on any atom is 0.325 e. The number of nitrogens with zero attached hydrogens (tertiary/aromatic N) is 2. The van der Waals surface area contributed by atoms with Crippen LogP contribution in [0.1, 0.15) is 11.3 Å². The van der Waals surface area contributed by atoms with Crippen LogP contribution in [0, 0.1) is 12.3 Å². The summed E-state index contributed by atoms with van der Waals surface area (Å²) in [5, 5.41) is 16.0. The van der Waals surface area contributed by atoms with Crippen molar-refractivity contribution in [1.82, 2.24) is 9.97 Å². The van der Waals surface area contributed by atoms with E-state index in [0.717, 1.165) is 22.6 Å². The van der Waals surface area contributed by atoms with E-state index in [-0.39, 0.29) is 11.7 Å². The molecule has 0 radical (unpaired) electrons. The van der Waals surface area contributed by atoms with Crippen LogP contribution in [0.2, 0.25) is 0 Å².